The van der Waals surface area contributed by atoms with Crippen molar-refractivity contribution < 1.29 is 13.9 Å². The van der Waals surface area contributed by atoms with E-state index in [4.69, 9.17) is 4.74 Å². The third kappa shape index (κ3) is 3.36. The van der Waals surface area contributed by atoms with Crippen molar-refractivity contribution in [1.29, 1.82) is 0 Å². The molecule has 2 rings (SSSR count). The van der Waals surface area contributed by atoms with Crippen LogP contribution in [0.5, 0.6) is 5.75 Å². The molecule has 0 aromatic heterocycles. The quantitative estimate of drug-likeness (QED) is 0.858. The summed E-state index contributed by atoms with van der Waals surface area (Å²) >= 11 is 0. The van der Waals surface area contributed by atoms with Crippen LogP contribution in [0.15, 0.2) is 18.2 Å². The predicted octanol–water partition coefficient (Wildman–Crippen LogP) is 2.26. The first-order valence-electron chi connectivity index (χ1n) is 6.52. The van der Waals surface area contributed by atoms with Crippen LogP contribution in [0.3, 0.4) is 0 Å². The SMILES string of the molecule is CCN(C(=O)CNc1ccc(F)cc1OC)C1CC1. The molecule has 0 aliphatic heterocycles. The molecule has 1 aliphatic rings. The molecule has 0 spiro atoms. The fraction of sp³-hybridized carbons (Fsp3) is 0.500. The number of carbonyl (C=O) groups is 1. The second-order valence-corrected chi connectivity index (χ2v) is 4.61. The highest BCUT2D eigenvalue weighted by atomic mass is 19.1. The number of carbonyl (C=O) groups excluding carboxylic acids is 1. The second-order valence-electron chi connectivity index (χ2n) is 4.61. The number of likely N-dealkylation sites (N-methyl/N-ethyl adjacent to an activating group) is 1. The Morgan fingerprint density at radius 3 is 2.84 bits per heavy atom. The summed E-state index contributed by atoms with van der Waals surface area (Å²) in [5.74, 6) is 0.112. The zero-order chi connectivity index (χ0) is 13.8. The molecule has 104 valence electrons. The van der Waals surface area contributed by atoms with Gasteiger partial charge in [0.25, 0.3) is 0 Å². The molecule has 1 N–H and O–H groups in total. The molecule has 0 radical (unpaired) electrons. The van der Waals surface area contributed by atoms with Crippen molar-refractivity contribution in [3.05, 3.63) is 24.0 Å². The number of methoxy groups -OCH3 is 1. The summed E-state index contributed by atoms with van der Waals surface area (Å²) in [6.45, 7) is 2.91. The van der Waals surface area contributed by atoms with E-state index in [1.54, 1.807) is 6.07 Å². The van der Waals surface area contributed by atoms with Gasteiger partial charge in [-0.1, -0.05) is 0 Å². The number of ether oxygens (including phenoxy) is 1. The van der Waals surface area contributed by atoms with Crippen LogP contribution in [0.1, 0.15) is 19.8 Å². The van der Waals surface area contributed by atoms with Gasteiger partial charge in [-0.05, 0) is 31.9 Å². The van der Waals surface area contributed by atoms with Crippen LogP contribution >= 0.6 is 0 Å². The summed E-state index contributed by atoms with van der Waals surface area (Å²) in [5.41, 5.74) is 0.629. The summed E-state index contributed by atoms with van der Waals surface area (Å²) in [7, 11) is 1.48. The van der Waals surface area contributed by atoms with E-state index in [2.05, 4.69) is 5.32 Å². The number of amides is 1. The van der Waals surface area contributed by atoms with Crippen LogP contribution in [0.25, 0.3) is 0 Å². The lowest BCUT2D eigenvalue weighted by atomic mass is 10.2. The summed E-state index contributed by atoms with van der Waals surface area (Å²) in [4.78, 5) is 13.9. The molecule has 1 aromatic rings. The molecule has 5 heteroatoms. The third-order valence-corrected chi connectivity index (χ3v) is 3.24. The van der Waals surface area contributed by atoms with Gasteiger partial charge in [-0.25, -0.2) is 4.39 Å². The molecule has 1 saturated carbocycles. The molecule has 4 nitrogen and oxygen atoms in total. The molecule has 0 atom stereocenters. The molecule has 0 saturated heterocycles. The van der Waals surface area contributed by atoms with E-state index in [9.17, 15) is 9.18 Å². The minimum absolute atomic E-state index is 0.0661. The first kappa shape index (κ1) is 13.6. The van der Waals surface area contributed by atoms with Crippen LogP contribution in [-0.2, 0) is 4.79 Å². The highest BCUT2D eigenvalue weighted by molar-refractivity contribution is 5.82. The molecule has 1 amide bonds. The lowest BCUT2D eigenvalue weighted by Crippen LogP contribution is -2.37. The van der Waals surface area contributed by atoms with Crippen LogP contribution in [0, 0.1) is 5.82 Å². The van der Waals surface area contributed by atoms with Crippen LogP contribution in [0.2, 0.25) is 0 Å². The van der Waals surface area contributed by atoms with E-state index in [0.717, 1.165) is 19.4 Å². The standard InChI is InChI=1S/C14H19FN2O2/c1-3-17(11-5-6-11)14(18)9-16-12-7-4-10(15)8-13(12)19-2/h4,7-8,11,16H,3,5-6,9H2,1-2H3. The third-order valence-electron chi connectivity index (χ3n) is 3.24. The number of nitrogens with zero attached hydrogens (tertiary/aromatic N) is 1. The van der Waals surface area contributed by atoms with Gasteiger partial charge in [-0.15, -0.1) is 0 Å². The molecule has 0 heterocycles. The topological polar surface area (TPSA) is 41.6 Å². The van der Waals surface area contributed by atoms with Crippen LogP contribution in [-0.4, -0.2) is 37.0 Å². The van der Waals surface area contributed by atoms with E-state index < -0.39 is 0 Å². The van der Waals surface area contributed by atoms with Crippen molar-refractivity contribution in [2.45, 2.75) is 25.8 Å². The Kier molecular flexibility index (Phi) is 4.24. The van der Waals surface area contributed by atoms with E-state index >= 15 is 0 Å². The fourth-order valence-electron chi connectivity index (χ4n) is 2.11. The maximum atomic E-state index is 13.0. The monoisotopic (exact) mass is 266 g/mol. The summed E-state index contributed by atoms with van der Waals surface area (Å²) in [6, 6.07) is 4.63. The minimum Gasteiger partial charge on any atom is -0.494 e. The van der Waals surface area contributed by atoms with Gasteiger partial charge in [-0.3, -0.25) is 4.79 Å². The Morgan fingerprint density at radius 2 is 2.26 bits per heavy atom. The van der Waals surface area contributed by atoms with Gasteiger partial charge in [0.1, 0.15) is 11.6 Å². The van der Waals surface area contributed by atoms with Crippen molar-refractivity contribution in [2.24, 2.45) is 0 Å². The largest absolute Gasteiger partial charge is 0.494 e. The van der Waals surface area contributed by atoms with Gasteiger partial charge < -0.3 is 15.0 Å². The Bertz CT molecular complexity index is 461. The molecule has 1 aromatic carbocycles. The lowest BCUT2D eigenvalue weighted by molar-refractivity contribution is -0.129. The summed E-state index contributed by atoms with van der Waals surface area (Å²) in [6.07, 6.45) is 2.19. The second kappa shape index (κ2) is 5.91. The first-order chi connectivity index (χ1) is 9.15. The van der Waals surface area contributed by atoms with Gasteiger partial charge in [0.2, 0.25) is 5.91 Å². The van der Waals surface area contributed by atoms with Gasteiger partial charge >= 0.3 is 0 Å². The Hall–Kier alpha value is -1.78. The number of anilines is 1. The molecular formula is C14H19FN2O2. The average molecular weight is 266 g/mol. The molecule has 1 fully saturated rings. The predicted molar refractivity (Wildman–Crippen MR) is 71.9 cm³/mol. The van der Waals surface area contributed by atoms with Gasteiger partial charge in [-0.2, -0.15) is 0 Å². The fourth-order valence-corrected chi connectivity index (χ4v) is 2.11. The molecule has 0 bridgehead atoms. The zero-order valence-corrected chi connectivity index (χ0v) is 11.3. The number of rotatable bonds is 6. The Morgan fingerprint density at radius 1 is 1.53 bits per heavy atom. The number of hydrogen-bond acceptors (Lipinski definition) is 3. The number of halogens is 1. The van der Waals surface area contributed by atoms with Crippen molar-refractivity contribution in [1.82, 2.24) is 4.90 Å². The Labute approximate surface area is 112 Å². The highest BCUT2D eigenvalue weighted by Crippen LogP contribution is 2.27. The van der Waals surface area contributed by atoms with E-state index in [1.165, 1.54) is 19.2 Å². The number of nitrogens with one attached hydrogen (secondary N) is 1. The molecule has 19 heavy (non-hydrogen) atoms. The highest BCUT2D eigenvalue weighted by Gasteiger charge is 2.30. The van der Waals surface area contributed by atoms with Gasteiger partial charge in [0.15, 0.2) is 0 Å². The van der Waals surface area contributed by atoms with E-state index in [-0.39, 0.29) is 18.3 Å². The van der Waals surface area contributed by atoms with E-state index in [0.29, 0.717) is 17.5 Å². The molecule has 0 unspecified atom stereocenters. The summed E-state index contributed by atoms with van der Waals surface area (Å²) in [5, 5.41) is 3.01. The maximum Gasteiger partial charge on any atom is 0.242 e. The maximum absolute atomic E-state index is 13.0. The van der Waals surface area contributed by atoms with Crippen LogP contribution < -0.4 is 10.1 Å². The van der Waals surface area contributed by atoms with Gasteiger partial charge in [0.05, 0.1) is 19.3 Å². The number of hydrogen-bond donors (Lipinski definition) is 1. The average Bonchev–Trinajstić information content (AvgIpc) is 3.22. The Balaban J connectivity index is 1.96. The normalized spacial score (nSPS) is 14.1. The molecule has 1 aliphatic carbocycles. The minimum atomic E-state index is -0.359. The van der Waals surface area contributed by atoms with Crippen LogP contribution in [0.4, 0.5) is 10.1 Å². The van der Waals surface area contributed by atoms with E-state index in [1.807, 2.05) is 11.8 Å². The zero-order valence-electron chi connectivity index (χ0n) is 11.3. The van der Waals surface area contributed by atoms with Crippen molar-refractivity contribution in [3.8, 4) is 5.75 Å². The first-order valence-corrected chi connectivity index (χ1v) is 6.52. The summed E-state index contributed by atoms with van der Waals surface area (Å²) < 4.78 is 18.1. The molecular weight excluding hydrogens is 247 g/mol. The number of benzene rings is 1. The van der Waals surface area contributed by atoms with Gasteiger partial charge in [0, 0.05) is 18.7 Å². The van der Waals surface area contributed by atoms with Crippen molar-refractivity contribution in [3.63, 3.8) is 0 Å². The van der Waals surface area contributed by atoms with Crippen molar-refractivity contribution >= 4 is 11.6 Å². The lowest BCUT2D eigenvalue weighted by Gasteiger charge is -2.21. The smallest absolute Gasteiger partial charge is 0.242 e. The van der Waals surface area contributed by atoms with Crippen molar-refractivity contribution in [2.75, 3.05) is 25.5 Å².